The maximum atomic E-state index is 5.64. The SMILES string of the molecule is CC(COc1ccc2c(c1)CCC2)NN. The lowest BCUT2D eigenvalue weighted by molar-refractivity contribution is 0.274. The van der Waals surface area contributed by atoms with E-state index in [-0.39, 0.29) is 6.04 Å². The third-order valence-corrected chi connectivity index (χ3v) is 2.85. The second-order valence-electron chi connectivity index (χ2n) is 4.16. The molecular weight excluding hydrogens is 188 g/mol. The van der Waals surface area contributed by atoms with Gasteiger partial charge in [0.05, 0.1) is 6.04 Å². The van der Waals surface area contributed by atoms with Crippen molar-refractivity contribution in [2.75, 3.05) is 6.61 Å². The molecule has 0 radical (unpaired) electrons. The molecule has 1 aromatic rings. The van der Waals surface area contributed by atoms with E-state index >= 15 is 0 Å². The van der Waals surface area contributed by atoms with Gasteiger partial charge in [-0.2, -0.15) is 0 Å². The minimum Gasteiger partial charge on any atom is -0.492 e. The van der Waals surface area contributed by atoms with Crippen LogP contribution in [0.1, 0.15) is 24.5 Å². The number of hydrogen-bond donors (Lipinski definition) is 2. The molecule has 1 atom stereocenters. The Bertz CT molecular complexity index is 338. The Kier molecular flexibility index (Phi) is 3.23. The first-order valence-electron chi connectivity index (χ1n) is 5.50. The molecule has 1 aliphatic carbocycles. The average molecular weight is 206 g/mol. The normalized spacial score (nSPS) is 16.1. The average Bonchev–Trinajstić information content (AvgIpc) is 2.72. The van der Waals surface area contributed by atoms with E-state index in [4.69, 9.17) is 10.6 Å². The van der Waals surface area contributed by atoms with Gasteiger partial charge >= 0.3 is 0 Å². The van der Waals surface area contributed by atoms with Crippen LogP contribution in [0.5, 0.6) is 5.75 Å². The van der Waals surface area contributed by atoms with Gasteiger partial charge in [-0.05, 0) is 49.4 Å². The van der Waals surface area contributed by atoms with Crippen LogP contribution in [0.25, 0.3) is 0 Å². The summed E-state index contributed by atoms with van der Waals surface area (Å²) in [5.41, 5.74) is 5.59. The summed E-state index contributed by atoms with van der Waals surface area (Å²) in [4.78, 5) is 0. The number of hydrogen-bond acceptors (Lipinski definition) is 3. The molecule has 3 nitrogen and oxygen atoms in total. The zero-order chi connectivity index (χ0) is 10.7. The Balaban J connectivity index is 1.98. The van der Waals surface area contributed by atoms with Crippen LogP contribution in [0.4, 0.5) is 0 Å². The predicted octanol–water partition coefficient (Wildman–Crippen LogP) is 1.41. The number of benzene rings is 1. The van der Waals surface area contributed by atoms with Gasteiger partial charge in [-0.15, -0.1) is 0 Å². The third kappa shape index (κ3) is 2.49. The zero-order valence-electron chi connectivity index (χ0n) is 9.12. The van der Waals surface area contributed by atoms with E-state index in [0.717, 1.165) is 5.75 Å². The standard InChI is InChI=1S/C12H18N2O/c1-9(14-13)8-15-12-6-5-10-3-2-4-11(10)7-12/h5-7,9,14H,2-4,8,13H2,1H3. The van der Waals surface area contributed by atoms with Crippen LogP contribution < -0.4 is 16.0 Å². The molecule has 1 unspecified atom stereocenters. The molecule has 0 spiro atoms. The van der Waals surface area contributed by atoms with Crippen LogP contribution >= 0.6 is 0 Å². The molecule has 0 heterocycles. The molecule has 82 valence electrons. The van der Waals surface area contributed by atoms with Crippen LogP contribution in [-0.4, -0.2) is 12.6 Å². The van der Waals surface area contributed by atoms with Crippen molar-refractivity contribution in [2.24, 2.45) is 5.84 Å². The number of ether oxygens (including phenoxy) is 1. The van der Waals surface area contributed by atoms with Crippen LogP contribution in [0.15, 0.2) is 18.2 Å². The molecule has 0 saturated carbocycles. The summed E-state index contributed by atoms with van der Waals surface area (Å²) in [6.07, 6.45) is 3.69. The van der Waals surface area contributed by atoms with E-state index in [2.05, 4.69) is 17.6 Å². The largest absolute Gasteiger partial charge is 0.492 e. The molecule has 0 fully saturated rings. The second-order valence-corrected chi connectivity index (χ2v) is 4.16. The smallest absolute Gasteiger partial charge is 0.119 e. The van der Waals surface area contributed by atoms with Crippen molar-refractivity contribution in [2.45, 2.75) is 32.2 Å². The fraction of sp³-hybridized carbons (Fsp3) is 0.500. The highest BCUT2D eigenvalue weighted by atomic mass is 16.5. The van der Waals surface area contributed by atoms with E-state index in [0.29, 0.717) is 6.61 Å². The highest BCUT2D eigenvalue weighted by Crippen LogP contribution is 2.25. The lowest BCUT2D eigenvalue weighted by atomic mass is 10.1. The molecule has 2 rings (SSSR count). The number of aryl methyl sites for hydroxylation is 2. The number of nitrogens with two attached hydrogens (primary N) is 1. The summed E-state index contributed by atoms with van der Waals surface area (Å²) in [7, 11) is 0. The summed E-state index contributed by atoms with van der Waals surface area (Å²) in [6.45, 7) is 2.60. The first-order valence-corrected chi connectivity index (χ1v) is 5.50. The Labute approximate surface area is 90.6 Å². The first kappa shape index (κ1) is 10.5. The Morgan fingerprint density at radius 3 is 3.00 bits per heavy atom. The first-order chi connectivity index (χ1) is 7.29. The maximum absolute atomic E-state index is 5.64. The number of hydrazine groups is 1. The lowest BCUT2D eigenvalue weighted by Gasteiger charge is -2.12. The lowest BCUT2D eigenvalue weighted by Crippen LogP contribution is -2.36. The highest BCUT2D eigenvalue weighted by Gasteiger charge is 2.11. The van der Waals surface area contributed by atoms with Gasteiger partial charge in [0.2, 0.25) is 0 Å². The van der Waals surface area contributed by atoms with Crippen molar-refractivity contribution in [3.63, 3.8) is 0 Å². The minimum absolute atomic E-state index is 0.179. The molecule has 15 heavy (non-hydrogen) atoms. The van der Waals surface area contributed by atoms with Gasteiger partial charge < -0.3 is 4.74 Å². The number of rotatable bonds is 4. The van der Waals surface area contributed by atoms with Gasteiger partial charge in [0.1, 0.15) is 12.4 Å². The molecule has 3 heteroatoms. The van der Waals surface area contributed by atoms with E-state index in [1.807, 2.05) is 13.0 Å². The van der Waals surface area contributed by atoms with Gasteiger partial charge in [0.25, 0.3) is 0 Å². The van der Waals surface area contributed by atoms with Gasteiger partial charge in [-0.25, -0.2) is 0 Å². The van der Waals surface area contributed by atoms with Gasteiger partial charge in [0, 0.05) is 0 Å². The fourth-order valence-electron chi connectivity index (χ4n) is 1.91. The van der Waals surface area contributed by atoms with Gasteiger partial charge in [0.15, 0.2) is 0 Å². The van der Waals surface area contributed by atoms with E-state index in [1.165, 1.54) is 30.4 Å². The van der Waals surface area contributed by atoms with Crippen LogP contribution in [-0.2, 0) is 12.8 Å². The highest BCUT2D eigenvalue weighted by molar-refractivity contribution is 5.38. The Morgan fingerprint density at radius 1 is 1.40 bits per heavy atom. The van der Waals surface area contributed by atoms with Crippen molar-refractivity contribution in [3.8, 4) is 5.75 Å². The molecule has 0 bridgehead atoms. The summed E-state index contributed by atoms with van der Waals surface area (Å²) < 4.78 is 5.64. The molecular formula is C12H18N2O. The minimum atomic E-state index is 0.179. The molecule has 0 amide bonds. The van der Waals surface area contributed by atoms with E-state index in [9.17, 15) is 0 Å². The van der Waals surface area contributed by atoms with Gasteiger partial charge in [-0.1, -0.05) is 6.07 Å². The summed E-state index contributed by atoms with van der Waals surface area (Å²) in [6, 6.07) is 6.57. The number of fused-ring (bicyclic) bond motifs is 1. The topological polar surface area (TPSA) is 47.3 Å². The van der Waals surface area contributed by atoms with Crippen molar-refractivity contribution >= 4 is 0 Å². The van der Waals surface area contributed by atoms with E-state index in [1.54, 1.807) is 0 Å². The fourth-order valence-corrected chi connectivity index (χ4v) is 1.91. The van der Waals surface area contributed by atoms with E-state index < -0.39 is 0 Å². The molecule has 0 aromatic heterocycles. The van der Waals surface area contributed by atoms with Crippen molar-refractivity contribution < 1.29 is 4.74 Å². The summed E-state index contributed by atoms with van der Waals surface area (Å²) in [5, 5.41) is 0. The molecule has 0 aliphatic heterocycles. The van der Waals surface area contributed by atoms with Crippen molar-refractivity contribution in [1.29, 1.82) is 0 Å². The summed E-state index contributed by atoms with van der Waals surface area (Å²) in [5.74, 6) is 6.25. The quantitative estimate of drug-likeness (QED) is 0.578. The Hall–Kier alpha value is -1.06. The molecule has 1 aliphatic rings. The van der Waals surface area contributed by atoms with Crippen LogP contribution in [0.3, 0.4) is 0 Å². The Morgan fingerprint density at radius 2 is 2.20 bits per heavy atom. The van der Waals surface area contributed by atoms with Crippen molar-refractivity contribution in [1.82, 2.24) is 5.43 Å². The van der Waals surface area contributed by atoms with Crippen LogP contribution in [0.2, 0.25) is 0 Å². The van der Waals surface area contributed by atoms with Crippen LogP contribution in [0, 0.1) is 0 Å². The summed E-state index contributed by atoms with van der Waals surface area (Å²) >= 11 is 0. The molecule has 3 N–H and O–H groups in total. The molecule has 1 aromatic carbocycles. The maximum Gasteiger partial charge on any atom is 0.119 e. The predicted molar refractivity (Wildman–Crippen MR) is 60.7 cm³/mol. The zero-order valence-corrected chi connectivity index (χ0v) is 9.12. The van der Waals surface area contributed by atoms with Crippen molar-refractivity contribution in [3.05, 3.63) is 29.3 Å². The third-order valence-electron chi connectivity index (χ3n) is 2.85. The monoisotopic (exact) mass is 206 g/mol. The molecule has 0 saturated heterocycles. The number of nitrogens with one attached hydrogen (secondary N) is 1. The van der Waals surface area contributed by atoms with Gasteiger partial charge in [-0.3, -0.25) is 11.3 Å². The second kappa shape index (κ2) is 4.64.